The minimum atomic E-state index is 0.00308. The van der Waals surface area contributed by atoms with Crippen LogP contribution in [0.4, 0.5) is 5.69 Å². The normalized spacial score (nSPS) is 14.3. The number of anilines is 1. The number of hydrogen-bond acceptors (Lipinski definition) is 1. The van der Waals surface area contributed by atoms with Crippen LogP contribution < -0.4 is 5.32 Å². The highest BCUT2D eigenvalue weighted by molar-refractivity contribution is 5.95. The van der Waals surface area contributed by atoms with E-state index in [0.717, 1.165) is 12.1 Å². The molecule has 0 radical (unpaired) electrons. The van der Waals surface area contributed by atoms with Crippen LogP contribution in [0.2, 0.25) is 0 Å². The average Bonchev–Trinajstić information content (AvgIpc) is 2.73. The van der Waals surface area contributed by atoms with Gasteiger partial charge in [-0.25, -0.2) is 0 Å². The minimum Gasteiger partial charge on any atom is -0.325 e. The summed E-state index contributed by atoms with van der Waals surface area (Å²) in [5, 5.41) is 3.03. The lowest BCUT2D eigenvalue weighted by Gasteiger charge is -2.19. The number of benzene rings is 1. The first-order chi connectivity index (χ1) is 8.79. The molecule has 2 nitrogen and oxygen atoms in total. The van der Waals surface area contributed by atoms with Gasteiger partial charge in [-0.2, -0.15) is 0 Å². The molecule has 2 heteroatoms. The maximum absolute atomic E-state index is 11.9. The van der Waals surface area contributed by atoms with Crippen molar-refractivity contribution in [3.63, 3.8) is 0 Å². The fourth-order valence-electron chi connectivity index (χ4n) is 2.24. The van der Waals surface area contributed by atoms with Crippen LogP contribution in [-0.4, -0.2) is 5.91 Å². The second kappa shape index (κ2) is 4.84. The molecule has 1 aliphatic rings. The van der Waals surface area contributed by atoms with Gasteiger partial charge in [-0.3, -0.25) is 4.79 Å². The van der Waals surface area contributed by atoms with Crippen LogP contribution in [-0.2, 0) is 11.2 Å². The summed E-state index contributed by atoms with van der Waals surface area (Å²) in [5.41, 5.74) is 5.04. The van der Waals surface area contributed by atoms with Gasteiger partial charge in [0.05, 0.1) is 0 Å². The van der Waals surface area contributed by atoms with Crippen LogP contribution in [0.3, 0.4) is 0 Å². The molecular weight excluding hydrogens is 234 g/mol. The van der Waals surface area contributed by atoms with Crippen LogP contribution in [0.5, 0.6) is 0 Å². The molecule has 0 aromatic heterocycles. The molecule has 0 heterocycles. The Morgan fingerprint density at radius 1 is 1.26 bits per heavy atom. The van der Waals surface area contributed by atoms with Crippen molar-refractivity contribution < 1.29 is 4.79 Å². The van der Waals surface area contributed by atoms with Gasteiger partial charge in [-0.1, -0.05) is 58.4 Å². The van der Waals surface area contributed by atoms with Crippen molar-refractivity contribution in [2.24, 2.45) is 11.3 Å². The zero-order chi connectivity index (χ0) is 14.2. The molecule has 1 aromatic carbocycles. The number of allylic oxidation sites excluding steroid dienone is 1. The third-order valence-corrected chi connectivity index (χ3v) is 3.64. The van der Waals surface area contributed by atoms with Gasteiger partial charge in [0.15, 0.2) is 0 Å². The molecule has 0 saturated carbocycles. The Kier molecular flexibility index (Phi) is 3.53. The van der Waals surface area contributed by atoms with Crippen molar-refractivity contribution in [3.05, 3.63) is 34.9 Å². The second-order valence-corrected chi connectivity index (χ2v) is 6.62. The molecule has 0 unspecified atom stereocenters. The van der Waals surface area contributed by atoms with Crippen molar-refractivity contribution in [1.82, 2.24) is 0 Å². The first-order valence-electron chi connectivity index (χ1n) is 6.93. The van der Waals surface area contributed by atoms with Gasteiger partial charge in [0.25, 0.3) is 0 Å². The second-order valence-electron chi connectivity index (χ2n) is 6.62. The Balaban J connectivity index is 2.33. The van der Waals surface area contributed by atoms with Gasteiger partial charge in [-0.05, 0) is 23.5 Å². The van der Waals surface area contributed by atoms with Crippen molar-refractivity contribution in [3.8, 4) is 0 Å². The third kappa shape index (κ3) is 2.89. The third-order valence-electron chi connectivity index (χ3n) is 3.64. The van der Waals surface area contributed by atoms with E-state index < -0.39 is 0 Å². The van der Waals surface area contributed by atoms with Gasteiger partial charge >= 0.3 is 0 Å². The molecule has 0 spiro atoms. The number of carbonyl (C=O) groups excluding carboxylic acids is 1. The first kappa shape index (κ1) is 13.9. The lowest BCUT2D eigenvalue weighted by Crippen LogP contribution is -2.18. The quantitative estimate of drug-likeness (QED) is 0.842. The summed E-state index contributed by atoms with van der Waals surface area (Å²) in [4.78, 5) is 11.9. The van der Waals surface area contributed by atoms with E-state index in [-0.39, 0.29) is 17.2 Å². The van der Waals surface area contributed by atoms with E-state index in [2.05, 4.69) is 38.2 Å². The standard InChI is InChI=1S/C17H23NO/c1-11(2)16(19)18-15-8-6-7-12-9-13(10-14(12)15)17(3,4)5/h6-8,10-11H,9H2,1-5H3,(H,18,19). The fourth-order valence-corrected chi connectivity index (χ4v) is 2.24. The molecule has 0 fully saturated rings. The number of rotatable bonds is 2. The summed E-state index contributed by atoms with van der Waals surface area (Å²) in [6, 6.07) is 6.16. The lowest BCUT2D eigenvalue weighted by atomic mass is 9.85. The number of nitrogens with one attached hydrogen (secondary N) is 1. The number of amides is 1. The Morgan fingerprint density at radius 2 is 1.95 bits per heavy atom. The summed E-state index contributed by atoms with van der Waals surface area (Å²) in [7, 11) is 0. The van der Waals surface area contributed by atoms with Crippen LogP contribution in [0.1, 0.15) is 45.7 Å². The van der Waals surface area contributed by atoms with E-state index in [1.807, 2.05) is 26.0 Å². The summed E-state index contributed by atoms with van der Waals surface area (Å²) in [6.07, 6.45) is 3.23. The molecule has 1 N–H and O–H groups in total. The number of carbonyl (C=O) groups is 1. The topological polar surface area (TPSA) is 29.1 Å². The van der Waals surface area contributed by atoms with Crippen LogP contribution >= 0.6 is 0 Å². The molecule has 1 aromatic rings. The van der Waals surface area contributed by atoms with Crippen molar-refractivity contribution in [2.45, 2.75) is 41.0 Å². The van der Waals surface area contributed by atoms with Gasteiger partial charge in [0, 0.05) is 17.2 Å². The average molecular weight is 257 g/mol. The minimum absolute atomic E-state index is 0.00308. The highest BCUT2D eigenvalue weighted by atomic mass is 16.1. The zero-order valence-corrected chi connectivity index (χ0v) is 12.5. The monoisotopic (exact) mass is 257 g/mol. The van der Waals surface area contributed by atoms with Crippen LogP contribution in [0.25, 0.3) is 6.08 Å². The van der Waals surface area contributed by atoms with Gasteiger partial charge in [0.1, 0.15) is 0 Å². The Hall–Kier alpha value is -1.57. The predicted molar refractivity (Wildman–Crippen MR) is 81.0 cm³/mol. The SMILES string of the molecule is CC(C)C(=O)Nc1cccc2c1C=C(C(C)(C)C)C2. The molecule has 1 amide bonds. The lowest BCUT2D eigenvalue weighted by molar-refractivity contribution is -0.118. The summed E-state index contributed by atoms with van der Waals surface area (Å²) in [6.45, 7) is 10.5. The highest BCUT2D eigenvalue weighted by Crippen LogP contribution is 2.39. The Morgan fingerprint density at radius 3 is 2.53 bits per heavy atom. The summed E-state index contributed by atoms with van der Waals surface area (Å²) < 4.78 is 0. The molecule has 19 heavy (non-hydrogen) atoms. The predicted octanol–water partition coefficient (Wildman–Crippen LogP) is 4.27. The van der Waals surface area contributed by atoms with E-state index in [0.29, 0.717) is 0 Å². The zero-order valence-electron chi connectivity index (χ0n) is 12.5. The van der Waals surface area contributed by atoms with E-state index in [1.54, 1.807) is 0 Å². The number of fused-ring (bicyclic) bond motifs is 1. The molecule has 102 valence electrons. The van der Waals surface area contributed by atoms with Crippen molar-refractivity contribution in [1.29, 1.82) is 0 Å². The van der Waals surface area contributed by atoms with E-state index in [1.165, 1.54) is 16.7 Å². The first-order valence-corrected chi connectivity index (χ1v) is 6.93. The summed E-state index contributed by atoms with van der Waals surface area (Å²) in [5.74, 6) is 0.0781. The molecule has 2 rings (SSSR count). The molecule has 0 bridgehead atoms. The molecule has 0 aliphatic heterocycles. The highest BCUT2D eigenvalue weighted by Gasteiger charge is 2.24. The largest absolute Gasteiger partial charge is 0.325 e. The van der Waals surface area contributed by atoms with Gasteiger partial charge in [0.2, 0.25) is 5.91 Å². The molecule has 0 saturated heterocycles. The Labute approximate surface area is 115 Å². The van der Waals surface area contributed by atoms with Crippen LogP contribution in [0.15, 0.2) is 23.8 Å². The van der Waals surface area contributed by atoms with Crippen molar-refractivity contribution in [2.75, 3.05) is 5.32 Å². The van der Waals surface area contributed by atoms with Crippen LogP contribution in [0, 0.1) is 11.3 Å². The molecule has 1 aliphatic carbocycles. The van der Waals surface area contributed by atoms with E-state index >= 15 is 0 Å². The van der Waals surface area contributed by atoms with E-state index in [9.17, 15) is 4.79 Å². The van der Waals surface area contributed by atoms with Crippen molar-refractivity contribution >= 4 is 17.7 Å². The molecule has 0 atom stereocenters. The fraction of sp³-hybridized carbons (Fsp3) is 0.471. The van der Waals surface area contributed by atoms with Gasteiger partial charge < -0.3 is 5.32 Å². The molecular formula is C17H23NO. The Bertz CT molecular complexity index is 533. The number of hydrogen-bond donors (Lipinski definition) is 1. The summed E-state index contributed by atoms with van der Waals surface area (Å²) >= 11 is 0. The van der Waals surface area contributed by atoms with Gasteiger partial charge in [-0.15, -0.1) is 0 Å². The maximum atomic E-state index is 11.9. The smallest absolute Gasteiger partial charge is 0.226 e. The van der Waals surface area contributed by atoms with E-state index in [4.69, 9.17) is 0 Å². The maximum Gasteiger partial charge on any atom is 0.226 e.